The summed E-state index contributed by atoms with van der Waals surface area (Å²) in [4.78, 5) is 0. The Kier molecular flexibility index (Phi) is 5.64. The van der Waals surface area contributed by atoms with Crippen LogP contribution in [0.5, 0.6) is 5.75 Å². The van der Waals surface area contributed by atoms with Gasteiger partial charge >= 0.3 is 6.18 Å². The fourth-order valence-corrected chi connectivity index (χ4v) is 1.61. The zero-order valence-corrected chi connectivity index (χ0v) is 12.7. The third-order valence-electron chi connectivity index (χ3n) is 2.65. The summed E-state index contributed by atoms with van der Waals surface area (Å²) in [6.07, 6.45) is -5.32. The highest BCUT2D eigenvalue weighted by Crippen LogP contribution is 2.37. The maximum Gasteiger partial charge on any atom is 0.419 e. The molecule has 0 heterocycles. The van der Waals surface area contributed by atoms with E-state index in [0.29, 0.717) is 12.1 Å². The van der Waals surface area contributed by atoms with Gasteiger partial charge in [0, 0.05) is 12.1 Å². The van der Waals surface area contributed by atoms with Crippen molar-refractivity contribution in [1.82, 2.24) is 5.32 Å². The molecule has 0 amide bonds. The van der Waals surface area contributed by atoms with Gasteiger partial charge in [0.2, 0.25) is 0 Å². The van der Waals surface area contributed by atoms with Crippen molar-refractivity contribution in [3.8, 4) is 5.75 Å². The second kappa shape index (κ2) is 6.66. The molecule has 1 unspecified atom stereocenters. The van der Waals surface area contributed by atoms with Crippen LogP contribution in [0.15, 0.2) is 18.2 Å². The predicted octanol–water partition coefficient (Wildman–Crippen LogP) is 3.35. The van der Waals surface area contributed by atoms with Crippen LogP contribution in [0.2, 0.25) is 0 Å². The second-order valence-corrected chi connectivity index (χ2v) is 6.09. The van der Waals surface area contributed by atoms with Gasteiger partial charge in [0.15, 0.2) is 0 Å². The van der Waals surface area contributed by atoms with Gasteiger partial charge < -0.3 is 15.2 Å². The summed E-state index contributed by atoms with van der Waals surface area (Å²) in [5.74, 6) is -0.261. The molecule has 0 saturated carbocycles. The normalized spacial score (nSPS) is 14.1. The highest BCUT2D eigenvalue weighted by molar-refractivity contribution is 5.39. The lowest BCUT2D eigenvalue weighted by Crippen LogP contribution is -2.35. The van der Waals surface area contributed by atoms with Gasteiger partial charge in [-0.05, 0) is 45.4 Å². The summed E-state index contributed by atoms with van der Waals surface area (Å²) in [7, 11) is 0. The van der Waals surface area contributed by atoms with E-state index in [1.54, 1.807) is 6.07 Å². The highest BCUT2D eigenvalue weighted by Gasteiger charge is 2.34. The molecule has 0 bridgehead atoms. The lowest BCUT2D eigenvalue weighted by Gasteiger charge is -2.21. The Hall–Kier alpha value is -1.27. The molecule has 0 spiro atoms. The average molecular weight is 305 g/mol. The van der Waals surface area contributed by atoms with Crippen molar-refractivity contribution < 1.29 is 23.0 Å². The summed E-state index contributed by atoms with van der Waals surface area (Å²) < 4.78 is 44.2. The zero-order valence-electron chi connectivity index (χ0n) is 12.7. The van der Waals surface area contributed by atoms with E-state index in [2.05, 4.69) is 5.32 Å². The standard InChI is InChI=1S/C15H22F3NO2/c1-10(20)9-21-13-6-5-11(8-19-14(2,3)4)7-12(13)15(16,17)18/h5-7,10,19-20H,8-9H2,1-4H3. The molecule has 0 fully saturated rings. The Labute approximate surface area is 123 Å². The number of aliphatic hydroxyl groups excluding tert-OH is 1. The number of hydrogen-bond donors (Lipinski definition) is 2. The van der Waals surface area contributed by atoms with E-state index in [1.165, 1.54) is 13.0 Å². The number of benzene rings is 1. The van der Waals surface area contributed by atoms with Crippen molar-refractivity contribution >= 4 is 0 Å². The molecule has 0 saturated heterocycles. The molecule has 2 N–H and O–H groups in total. The quantitative estimate of drug-likeness (QED) is 0.876. The van der Waals surface area contributed by atoms with Crippen LogP contribution in [-0.2, 0) is 12.7 Å². The first-order valence-electron chi connectivity index (χ1n) is 6.75. The van der Waals surface area contributed by atoms with E-state index in [-0.39, 0.29) is 17.9 Å². The number of rotatable bonds is 5. The van der Waals surface area contributed by atoms with Crippen LogP contribution in [0.4, 0.5) is 13.2 Å². The number of hydrogen-bond acceptors (Lipinski definition) is 3. The van der Waals surface area contributed by atoms with Crippen LogP contribution in [0.1, 0.15) is 38.8 Å². The molecule has 0 aliphatic heterocycles. The number of halogens is 3. The van der Waals surface area contributed by atoms with Crippen molar-refractivity contribution in [2.24, 2.45) is 0 Å². The molecule has 1 aromatic rings. The monoisotopic (exact) mass is 305 g/mol. The van der Waals surface area contributed by atoms with E-state index in [4.69, 9.17) is 9.84 Å². The SMILES string of the molecule is CC(O)COc1ccc(CNC(C)(C)C)cc1C(F)(F)F. The van der Waals surface area contributed by atoms with Gasteiger partial charge in [-0.3, -0.25) is 0 Å². The number of alkyl halides is 3. The van der Waals surface area contributed by atoms with Gasteiger partial charge in [0.1, 0.15) is 12.4 Å². The average Bonchev–Trinajstić information content (AvgIpc) is 2.32. The van der Waals surface area contributed by atoms with Gasteiger partial charge in [-0.2, -0.15) is 13.2 Å². The van der Waals surface area contributed by atoms with Crippen molar-refractivity contribution in [3.63, 3.8) is 0 Å². The Morgan fingerprint density at radius 3 is 2.33 bits per heavy atom. The van der Waals surface area contributed by atoms with Crippen molar-refractivity contribution in [2.45, 2.75) is 52.1 Å². The molecule has 3 nitrogen and oxygen atoms in total. The van der Waals surface area contributed by atoms with Gasteiger partial charge in [-0.1, -0.05) is 6.07 Å². The van der Waals surface area contributed by atoms with E-state index >= 15 is 0 Å². The lowest BCUT2D eigenvalue weighted by atomic mass is 10.1. The molecule has 1 aromatic carbocycles. The van der Waals surface area contributed by atoms with Crippen LogP contribution in [0.25, 0.3) is 0 Å². The minimum Gasteiger partial charge on any atom is -0.490 e. The smallest absolute Gasteiger partial charge is 0.419 e. The molecule has 1 rings (SSSR count). The fourth-order valence-electron chi connectivity index (χ4n) is 1.61. The minimum absolute atomic E-state index is 0.178. The predicted molar refractivity (Wildman–Crippen MR) is 75.2 cm³/mol. The topological polar surface area (TPSA) is 41.5 Å². The maximum absolute atomic E-state index is 13.1. The number of ether oxygens (including phenoxy) is 1. The first kappa shape index (κ1) is 17.8. The van der Waals surface area contributed by atoms with Crippen molar-refractivity contribution in [2.75, 3.05) is 6.61 Å². The molecular formula is C15H22F3NO2. The van der Waals surface area contributed by atoms with E-state index in [0.717, 1.165) is 6.07 Å². The van der Waals surface area contributed by atoms with Gasteiger partial charge in [0.05, 0.1) is 11.7 Å². The molecule has 0 radical (unpaired) electrons. The van der Waals surface area contributed by atoms with Crippen LogP contribution < -0.4 is 10.1 Å². The molecule has 120 valence electrons. The van der Waals surface area contributed by atoms with Crippen LogP contribution >= 0.6 is 0 Å². The Balaban J connectivity index is 2.96. The molecule has 0 aromatic heterocycles. The highest BCUT2D eigenvalue weighted by atomic mass is 19.4. The van der Waals surface area contributed by atoms with Gasteiger partial charge in [0.25, 0.3) is 0 Å². The summed E-state index contributed by atoms with van der Waals surface area (Å²) in [6.45, 7) is 7.44. The number of aliphatic hydroxyl groups is 1. The molecule has 0 aliphatic rings. The van der Waals surface area contributed by atoms with E-state index in [9.17, 15) is 13.2 Å². The molecule has 0 aliphatic carbocycles. The maximum atomic E-state index is 13.1. The van der Waals surface area contributed by atoms with Crippen molar-refractivity contribution in [3.05, 3.63) is 29.3 Å². The second-order valence-electron chi connectivity index (χ2n) is 6.09. The summed E-state index contributed by atoms with van der Waals surface area (Å²) in [5.41, 5.74) is -0.474. The third kappa shape index (κ3) is 6.35. The fraction of sp³-hybridized carbons (Fsp3) is 0.600. The van der Waals surface area contributed by atoms with Gasteiger partial charge in [-0.15, -0.1) is 0 Å². The first-order chi connectivity index (χ1) is 9.49. The van der Waals surface area contributed by atoms with Crippen molar-refractivity contribution in [1.29, 1.82) is 0 Å². The summed E-state index contributed by atoms with van der Waals surface area (Å²) >= 11 is 0. The molecular weight excluding hydrogens is 283 g/mol. The van der Waals surface area contributed by atoms with E-state index in [1.807, 2.05) is 20.8 Å². The molecule has 1 atom stereocenters. The van der Waals surface area contributed by atoms with Gasteiger partial charge in [-0.25, -0.2) is 0 Å². The largest absolute Gasteiger partial charge is 0.490 e. The minimum atomic E-state index is -4.49. The van der Waals surface area contributed by atoms with Crippen LogP contribution in [0.3, 0.4) is 0 Å². The summed E-state index contributed by atoms with van der Waals surface area (Å²) in [5, 5.41) is 12.3. The first-order valence-corrected chi connectivity index (χ1v) is 6.75. The van der Waals surface area contributed by atoms with Crippen LogP contribution in [0, 0.1) is 0 Å². The molecule has 21 heavy (non-hydrogen) atoms. The Morgan fingerprint density at radius 1 is 1.24 bits per heavy atom. The zero-order chi connectivity index (χ0) is 16.3. The third-order valence-corrected chi connectivity index (χ3v) is 2.65. The Bertz CT molecular complexity index is 465. The summed E-state index contributed by atoms with van der Waals surface area (Å²) in [6, 6.07) is 3.96. The Morgan fingerprint density at radius 2 is 1.86 bits per heavy atom. The van der Waals surface area contributed by atoms with Crippen LogP contribution in [-0.4, -0.2) is 23.4 Å². The lowest BCUT2D eigenvalue weighted by molar-refractivity contribution is -0.139. The van der Waals surface area contributed by atoms with E-state index < -0.39 is 17.8 Å². The number of nitrogens with one attached hydrogen (secondary N) is 1. The molecule has 6 heteroatoms.